The first-order valence-corrected chi connectivity index (χ1v) is 8.48. The van der Waals surface area contributed by atoms with Crippen LogP contribution in [0.3, 0.4) is 0 Å². The lowest BCUT2D eigenvalue weighted by Crippen LogP contribution is -2.30. The molecule has 1 fully saturated rings. The second kappa shape index (κ2) is 8.29. The number of benzene rings is 1. The van der Waals surface area contributed by atoms with E-state index in [4.69, 9.17) is 4.74 Å². The molecule has 0 unspecified atom stereocenters. The Kier molecular flexibility index (Phi) is 5.63. The minimum atomic E-state index is -0.101. The van der Waals surface area contributed by atoms with Crippen molar-refractivity contribution in [2.75, 3.05) is 12.4 Å². The summed E-state index contributed by atoms with van der Waals surface area (Å²) in [6.45, 7) is 0. The van der Waals surface area contributed by atoms with Crippen LogP contribution in [0.4, 0.5) is 5.95 Å². The molecule has 1 aliphatic carbocycles. The zero-order valence-electron chi connectivity index (χ0n) is 14.2. The first kappa shape index (κ1) is 17.0. The van der Waals surface area contributed by atoms with Gasteiger partial charge >= 0.3 is 5.97 Å². The topological polar surface area (TPSA) is 64.1 Å². The van der Waals surface area contributed by atoms with E-state index in [1.165, 1.54) is 7.11 Å². The lowest BCUT2D eigenvalue weighted by Gasteiger charge is -2.27. The Morgan fingerprint density at radius 2 is 1.68 bits per heavy atom. The highest BCUT2D eigenvalue weighted by molar-refractivity contribution is 5.72. The Morgan fingerprint density at radius 3 is 2.32 bits per heavy atom. The molecule has 0 atom stereocenters. The van der Waals surface area contributed by atoms with Gasteiger partial charge in [0, 0.05) is 24.0 Å². The third kappa shape index (κ3) is 4.80. The summed E-state index contributed by atoms with van der Waals surface area (Å²) in [5.74, 6) is 6.68. The molecule has 5 heteroatoms. The van der Waals surface area contributed by atoms with Crippen LogP contribution in [0.25, 0.3) is 0 Å². The molecule has 1 aromatic heterocycles. The van der Waals surface area contributed by atoms with E-state index in [1.54, 1.807) is 12.4 Å². The van der Waals surface area contributed by atoms with Crippen molar-refractivity contribution in [1.29, 1.82) is 0 Å². The minimum absolute atomic E-state index is 0.0274. The van der Waals surface area contributed by atoms with Gasteiger partial charge in [-0.2, -0.15) is 0 Å². The van der Waals surface area contributed by atoms with Gasteiger partial charge in [0.2, 0.25) is 5.95 Å². The Balaban J connectivity index is 1.53. The molecule has 0 amide bonds. The van der Waals surface area contributed by atoms with Gasteiger partial charge in [0.25, 0.3) is 0 Å². The van der Waals surface area contributed by atoms with Crippen LogP contribution in [-0.4, -0.2) is 29.1 Å². The minimum Gasteiger partial charge on any atom is -0.469 e. The van der Waals surface area contributed by atoms with E-state index >= 15 is 0 Å². The molecule has 5 nitrogen and oxygen atoms in total. The molecule has 3 rings (SSSR count). The molecule has 0 bridgehead atoms. The van der Waals surface area contributed by atoms with Crippen molar-refractivity contribution < 1.29 is 9.53 Å². The monoisotopic (exact) mass is 335 g/mol. The normalized spacial score (nSPS) is 19.4. The summed E-state index contributed by atoms with van der Waals surface area (Å²) in [4.78, 5) is 20.2. The number of methoxy groups -OCH3 is 1. The summed E-state index contributed by atoms with van der Waals surface area (Å²) in [5, 5.41) is 3.34. The number of carbonyl (C=O) groups excluding carboxylic acids is 1. The van der Waals surface area contributed by atoms with Gasteiger partial charge < -0.3 is 10.1 Å². The first-order valence-electron chi connectivity index (χ1n) is 8.48. The number of ether oxygens (including phenoxy) is 1. The standard InChI is InChI=1S/C20H21N3O2/c1-25-19(24)17-9-11-18(12-10-17)23-20-21-13-16(14-22-20)8-7-15-5-3-2-4-6-15/h2-6,13-14,17-18H,9-12H2,1H3,(H,21,22,23). The van der Waals surface area contributed by atoms with Crippen molar-refractivity contribution in [3.05, 3.63) is 53.9 Å². The van der Waals surface area contributed by atoms with Gasteiger partial charge in [0.05, 0.1) is 18.6 Å². The maximum absolute atomic E-state index is 11.6. The van der Waals surface area contributed by atoms with Gasteiger partial charge in [-0.15, -0.1) is 0 Å². The second-order valence-corrected chi connectivity index (χ2v) is 6.13. The average molecular weight is 335 g/mol. The molecule has 1 heterocycles. The Labute approximate surface area is 147 Å². The van der Waals surface area contributed by atoms with E-state index < -0.39 is 0 Å². The number of anilines is 1. The molecular weight excluding hydrogens is 314 g/mol. The van der Waals surface area contributed by atoms with Crippen LogP contribution in [0, 0.1) is 17.8 Å². The van der Waals surface area contributed by atoms with E-state index in [9.17, 15) is 4.79 Å². The summed E-state index contributed by atoms with van der Waals surface area (Å²) in [6, 6.07) is 10.1. The summed E-state index contributed by atoms with van der Waals surface area (Å²) in [7, 11) is 1.45. The summed E-state index contributed by atoms with van der Waals surface area (Å²) in [6.07, 6.45) is 6.96. The van der Waals surface area contributed by atoms with Crippen LogP contribution in [0.5, 0.6) is 0 Å². The molecular formula is C20H21N3O2. The molecule has 0 aliphatic heterocycles. The highest BCUT2D eigenvalue weighted by Crippen LogP contribution is 2.26. The number of nitrogens with one attached hydrogen (secondary N) is 1. The number of nitrogens with zero attached hydrogens (tertiary/aromatic N) is 2. The fraction of sp³-hybridized carbons (Fsp3) is 0.350. The highest BCUT2D eigenvalue weighted by atomic mass is 16.5. The number of hydrogen-bond acceptors (Lipinski definition) is 5. The van der Waals surface area contributed by atoms with Crippen molar-refractivity contribution in [1.82, 2.24) is 9.97 Å². The predicted molar refractivity (Wildman–Crippen MR) is 95.8 cm³/mol. The van der Waals surface area contributed by atoms with Crippen molar-refractivity contribution in [2.24, 2.45) is 5.92 Å². The first-order chi connectivity index (χ1) is 12.2. The summed E-state index contributed by atoms with van der Waals surface area (Å²) < 4.78 is 4.81. The molecule has 25 heavy (non-hydrogen) atoms. The Hall–Kier alpha value is -2.87. The van der Waals surface area contributed by atoms with E-state index in [1.807, 2.05) is 30.3 Å². The number of esters is 1. The van der Waals surface area contributed by atoms with Gasteiger partial charge in [-0.1, -0.05) is 30.0 Å². The van der Waals surface area contributed by atoms with Crippen molar-refractivity contribution in [2.45, 2.75) is 31.7 Å². The van der Waals surface area contributed by atoms with Crippen LogP contribution in [0.2, 0.25) is 0 Å². The van der Waals surface area contributed by atoms with E-state index in [2.05, 4.69) is 27.1 Å². The smallest absolute Gasteiger partial charge is 0.308 e. The van der Waals surface area contributed by atoms with Crippen LogP contribution in [-0.2, 0) is 9.53 Å². The van der Waals surface area contributed by atoms with Crippen molar-refractivity contribution in [3.63, 3.8) is 0 Å². The Morgan fingerprint density at radius 1 is 1.04 bits per heavy atom. The van der Waals surface area contributed by atoms with E-state index in [0.717, 1.165) is 36.8 Å². The summed E-state index contributed by atoms with van der Waals surface area (Å²) in [5.41, 5.74) is 1.75. The fourth-order valence-electron chi connectivity index (χ4n) is 2.96. The number of rotatable bonds is 3. The molecule has 0 spiro atoms. The lowest BCUT2D eigenvalue weighted by molar-refractivity contribution is -0.146. The van der Waals surface area contributed by atoms with Crippen LogP contribution in [0.1, 0.15) is 36.8 Å². The van der Waals surface area contributed by atoms with Gasteiger partial charge in [-0.05, 0) is 37.8 Å². The van der Waals surface area contributed by atoms with E-state index in [0.29, 0.717) is 12.0 Å². The molecule has 128 valence electrons. The average Bonchev–Trinajstić information content (AvgIpc) is 2.68. The maximum Gasteiger partial charge on any atom is 0.308 e. The molecule has 0 radical (unpaired) electrons. The van der Waals surface area contributed by atoms with Gasteiger partial charge in [0.15, 0.2) is 0 Å². The van der Waals surface area contributed by atoms with Crippen LogP contribution >= 0.6 is 0 Å². The largest absolute Gasteiger partial charge is 0.469 e. The second-order valence-electron chi connectivity index (χ2n) is 6.13. The van der Waals surface area contributed by atoms with Crippen molar-refractivity contribution >= 4 is 11.9 Å². The summed E-state index contributed by atoms with van der Waals surface area (Å²) >= 11 is 0. The lowest BCUT2D eigenvalue weighted by atomic mass is 9.86. The number of aromatic nitrogens is 2. The van der Waals surface area contributed by atoms with E-state index in [-0.39, 0.29) is 11.9 Å². The number of carbonyl (C=O) groups is 1. The molecule has 1 N–H and O–H groups in total. The fourth-order valence-corrected chi connectivity index (χ4v) is 2.96. The van der Waals surface area contributed by atoms with Gasteiger partial charge in [-0.3, -0.25) is 4.79 Å². The zero-order chi connectivity index (χ0) is 17.5. The number of hydrogen-bond donors (Lipinski definition) is 1. The van der Waals surface area contributed by atoms with Gasteiger partial charge in [0.1, 0.15) is 0 Å². The van der Waals surface area contributed by atoms with Gasteiger partial charge in [-0.25, -0.2) is 9.97 Å². The molecule has 0 saturated heterocycles. The predicted octanol–water partition coefficient (Wildman–Crippen LogP) is 3.02. The van der Waals surface area contributed by atoms with Crippen molar-refractivity contribution in [3.8, 4) is 11.8 Å². The molecule has 1 saturated carbocycles. The highest BCUT2D eigenvalue weighted by Gasteiger charge is 2.27. The molecule has 2 aromatic rings. The Bertz CT molecular complexity index is 755. The van der Waals surface area contributed by atoms with Crippen LogP contribution in [0.15, 0.2) is 42.7 Å². The third-order valence-corrected chi connectivity index (χ3v) is 4.37. The maximum atomic E-state index is 11.6. The third-order valence-electron chi connectivity index (χ3n) is 4.37. The zero-order valence-corrected chi connectivity index (χ0v) is 14.2. The SMILES string of the molecule is COC(=O)C1CCC(Nc2ncc(C#Cc3ccccc3)cn2)CC1. The van der Waals surface area contributed by atoms with Crippen LogP contribution < -0.4 is 5.32 Å². The molecule has 1 aromatic carbocycles. The quantitative estimate of drug-likeness (QED) is 0.690. The molecule has 1 aliphatic rings.